The molecule has 0 atom stereocenters. The van der Waals surface area contributed by atoms with Crippen molar-refractivity contribution in [2.24, 2.45) is 5.10 Å². The van der Waals surface area contributed by atoms with Gasteiger partial charge in [0.2, 0.25) is 0 Å². The summed E-state index contributed by atoms with van der Waals surface area (Å²) in [5.74, 6) is 1.18. The van der Waals surface area contributed by atoms with Crippen molar-refractivity contribution in [3.8, 4) is 17.2 Å². The van der Waals surface area contributed by atoms with Crippen molar-refractivity contribution in [3.63, 3.8) is 0 Å². The minimum Gasteiger partial charge on any atom is -0.490 e. The predicted octanol–water partition coefficient (Wildman–Crippen LogP) is 5.36. The largest absolute Gasteiger partial charge is 0.490 e. The Kier molecular flexibility index (Phi) is 8.82. The summed E-state index contributed by atoms with van der Waals surface area (Å²) in [5, 5.41) is 4.02. The molecule has 3 aromatic carbocycles. The molecule has 0 aliphatic heterocycles. The Morgan fingerprint density at radius 2 is 1.70 bits per heavy atom. The average Bonchev–Trinajstić information content (AvgIpc) is 2.84. The molecule has 0 saturated heterocycles. The van der Waals surface area contributed by atoms with E-state index in [1.807, 2.05) is 26.0 Å². The van der Waals surface area contributed by atoms with Crippen molar-refractivity contribution in [2.75, 3.05) is 13.2 Å². The number of ether oxygens (including phenoxy) is 3. The Bertz CT molecular complexity index is 1070. The van der Waals surface area contributed by atoms with Crippen LogP contribution in [0.3, 0.4) is 0 Å². The second-order valence-electron chi connectivity index (χ2n) is 7.13. The van der Waals surface area contributed by atoms with Gasteiger partial charge in [-0.3, -0.25) is 4.79 Å². The van der Waals surface area contributed by atoms with Crippen LogP contribution in [0, 0.1) is 5.82 Å². The van der Waals surface area contributed by atoms with Gasteiger partial charge in [-0.25, -0.2) is 9.82 Å². The van der Waals surface area contributed by atoms with E-state index in [9.17, 15) is 9.18 Å². The fourth-order valence-corrected chi connectivity index (χ4v) is 2.88. The highest BCUT2D eigenvalue weighted by atomic mass is 19.1. The number of halogens is 1. The van der Waals surface area contributed by atoms with E-state index in [4.69, 9.17) is 14.2 Å². The molecule has 0 aliphatic rings. The zero-order chi connectivity index (χ0) is 23.5. The molecule has 6 nitrogen and oxygen atoms in total. The zero-order valence-corrected chi connectivity index (χ0v) is 18.7. The van der Waals surface area contributed by atoms with Gasteiger partial charge in [-0.15, -0.1) is 0 Å². The van der Waals surface area contributed by atoms with Crippen molar-refractivity contribution >= 4 is 12.1 Å². The molecule has 0 heterocycles. The number of hydrogen-bond donors (Lipinski definition) is 1. The molecular weight excluding hydrogens is 423 g/mol. The molecule has 7 heteroatoms. The maximum Gasteiger partial charge on any atom is 0.271 e. The van der Waals surface area contributed by atoms with Gasteiger partial charge in [-0.05, 0) is 79.1 Å². The third-order valence-corrected chi connectivity index (χ3v) is 4.55. The third-order valence-electron chi connectivity index (χ3n) is 4.55. The van der Waals surface area contributed by atoms with E-state index in [-0.39, 0.29) is 11.7 Å². The summed E-state index contributed by atoms with van der Waals surface area (Å²) in [6.45, 7) is 5.28. The fourth-order valence-electron chi connectivity index (χ4n) is 2.88. The average molecular weight is 451 g/mol. The summed E-state index contributed by atoms with van der Waals surface area (Å²) in [4.78, 5) is 12.4. The van der Waals surface area contributed by atoms with Gasteiger partial charge in [0.05, 0.1) is 19.4 Å². The van der Waals surface area contributed by atoms with Gasteiger partial charge in [-0.1, -0.05) is 19.1 Å². The number of rotatable bonds is 11. The number of carbonyl (C=O) groups is 1. The summed E-state index contributed by atoms with van der Waals surface area (Å²) >= 11 is 0. The van der Waals surface area contributed by atoms with Crippen LogP contribution in [-0.4, -0.2) is 25.3 Å². The monoisotopic (exact) mass is 450 g/mol. The topological polar surface area (TPSA) is 69.2 Å². The lowest BCUT2D eigenvalue weighted by atomic mass is 10.2. The molecule has 0 spiro atoms. The van der Waals surface area contributed by atoms with Gasteiger partial charge < -0.3 is 14.2 Å². The Morgan fingerprint density at radius 1 is 0.939 bits per heavy atom. The number of nitrogens with zero attached hydrogens (tertiary/aromatic N) is 1. The lowest BCUT2D eigenvalue weighted by Crippen LogP contribution is -2.17. The zero-order valence-electron chi connectivity index (χ0n) is 18.7. The first-order valence-corrected chi connectivity index (χ1v) is 10.8. The van der Waals surface area contributed by atoms with Crippen LogP contribution < -0.4 is 19.6 Å². The Labute approximate surface area is 193 Å². The molecule has 1 N–H and O–H groups in total. The van der Waals surface area contributed by atoms with Crippen molar-refractivity contribution < 1.29 is 23.4 Å². The van der Waals surface area contributed by atoms with Gasteiger partial charge in [-0.2, -0.15) is 5.10 Å². The normalized spacial score (nSPS) is 10.8. The summed E-state index contributed by atoms with van der Waals surface area (Å²) in [6, 6.07) is 18.5. The van der Waals surface area contributed by atoms with Crippen LogP contribution >= 0.6 is 0 Å². The van der Waals surface area contributed by atoms with Crippen LogP contribution in [0.25, 0.3) is 0 Å². The predicted molar refractivity (Wildman–Crippen MR) is 126 cm³/mol. The van der Waals surface area contributed by atoms with E-state index in [1.165, 1.54) is 12.1 Å². The highest BCUT2D eigenvalue weighted by Gasteiger charge is 2.11. The van der Waals surface area contributed by atoms with Crippen molar-refractivity contribution in [3.05, 3.63) is 89.2 Å². The van der Waals surface area contributed by atoms with E-state index in [0.717, 1.165) is 17.5 Å². The molecule has 1 amide bonds. The first kappa shape index (κ1) is 23.8. The van der Waals surface area contributed by atoms with E-state index in [2.05, 4.69) is 10.5 Å². The molecule has 0 bridgehead atoms. The molecule has 0 unspecified atom stereocenters. The number of amides is 1. The maximum absolute atomic E-state index is 13.0. The second kappa shape index (κ2) is 12.2. The lowest BCUT2D eigenvalue weighted by molar-refractivity contribution is 0.0954. The highest BCUT2D eigenvalue weighted by Crippen LogP contribution is 2.28. The van der Waals surface area contributed by atoms with Gasteiger partial charge >= 0.3 is 0 Å². The minimum absolute atomic E-state index is 0.276. The van der Waals surface area contributed by atoms with Crippen molar-refractivity contribution in [1.29, 1.82) is 0 Å². The summed E-state index contributed by atoms with van der Waals surface area (Å²) < 4.78 is 29.9. The second-order valence-corrected chi connectivity index (χ2v) is 7.13. The molecule has 0 aromatic heterocycles. The molecule has 3 aromatic rings. The number of hydrogen-bond acceptors (Lipinski definition) is 5. The molecule has 3 rings (SSSR count). The molecule has 0 radical (unpaired) electrons. The quantitative estimate of drug-likeness (QED) is 0.316. The van der Waals surface area contributed by atoms with Gasteiger partial charge in [0.15, 0.2) is 11.5 Å². The first-order chi connectivity index (χ1) is 16.1. The Hall–Kier alpha value is -3.87. The molecule has 33 heavy (non-hydrogen) atoms. The number of hydrazone groups is 1. The van der Waals surface area contributed by atoms with Gasteiger partial charge in [0, 0.05) is 5.56 Å². The number of carbonyl (C=O) groups excluding carboxylic acids is 1. The van der Waals surface area contributed by atoms with E-state index >= 15 is 0 Å². The maximum atomic E-state index is 13.0. The molecule has 0 saturated carbocycles. The minimum atomic E-state index is -0.353. The Balaban J connectivity index is 1.54. The van der Waals surface area contributed by atoms with E-state index < -0.39 is 0 Å². The number of benzene rings is 3. The van der Waals surface area contributed by atoms with Gasteiger partial charge in [0.1, 0.15) is 18.2 Å². The Morgan fingerprint density at radius 3 is 2.39 bits per heavy atom. The lowest BCUT2D eigenvalue weighted by Gasteiger charge is -2.12. The van der Waals surface area contributed by atoms with Crippen LogP contribution in [-0.2, 0) is 6.61 Å². The van der Waals surface area contributed by atoms with Crippen LogP contribution in [0.1, 0.15) is 41.8 Å². The highest BCUT2D eigenvalue weighted by molar-refractivity contribution is 5.95. The van der Waals surface area contributed by atoms with Gasteiger partial charge in [0.25, 0.3) is 5.91 Å². The fraction of sp³-hybridized carbons (Fsp3) is 0.231. The van der Waals surface area contributed by atoms with Crippen LogP contribution in [0.5, 0.6) is 17.2 Å². The third kappa shape index (κ3) is 7.35. The molecule has 172 valence electrons. The first-order valence-electron chi connectivity index (χ1n) is 10.8. The smallest absolute Gasteiger partial charge is 0.271 e. The molecule has 0 aliphatic carbocycles. The van der Waals surface area contributed by atoms with E-state index in [1.54, 1.807) is 48.7 Å². The van der Waals surface area contributed by atoms with Crippen LogP contribution in [0.15, 0.2) is 71.8 Å². The van der Waals surface area contributed by atoms with Crippen molar-refractivity contribution in [1.82, 2.24) is 5.43 Å². The number of nitrogens with one attached hydrogen (secondary N) is 1. The summed E-state index contributed by atoms with van der Waals surface area (Å²) in [5.41, 5.74) is 4.61. The SMILES string of the molecule is CCCOc1ccc(C(=O)N/N=C/c2ccc(OCc3ccc(F)cc3)cc2)cc1OCC. The summed E-state index contributed by atoms with van der Waals surface area (Å²) in [7, 11) is 0. The molecular formula is C26H27FN2O4. The molecule has 0 fully saturated rings. The van der Waals surface area contributed by atoms with Crippen molar-refractivity contribution in [2.45, 2.75) is 26.9 Å². The standard InChI is InChI=1S/C26H27FN2O4/c1-3-15-32-24-14-9-21(16-25(24)31-4-2)26(30)29-28-17-19-7-12-23(13-8-19)33-18-20-5-10-22(27)11-6-20/h5-14,16-17H,3-4,15,18H2,1-2H3,(H,29,30)/b28-17+. The van der Waals surface area contributed by atoms with Crippen LogP contribution in [0.2, 0.25) is 0 Å². The van der Waals surface area contributed by atoms with E-state index in [0.29, 0.717) is 42.6 Å². The summed E-state index contributed by atoms with van der Waals surface area (Å²) in [6.07, 6.45) is 2.42. The van der Waals surface area contributed by atoms with Crippen LogP contribution in [0.4, 0.5) is 4.39 Å².